The topological polar surface area (TPSA) is 173 Å². The lowest BCUT2D eigenvalue weighted by Gasteiger charge is -2.48. The summed E-state index contributed by atoms with van der Waals surface area (Å²) in [4.78, 5) is 31.0. The van der Waals surface area contributed by atoms with Crippen molar-refractivity contribution in [3.05, 3.63) is 178 Å². The minimum absolute atomic E-state index is 0.0225. The first kappa shape index (κ1) is 52.2. The van der Waals surface area contributed by atoms with Crippen molar-refractivity contribution in [2.45, 2.75) is 127 Å². The Bertz CT molecular complexity index is 2800. The van der Waals surface area contributed by atoms with Crippen molar-refractivity contribution in [1.82, 2.24) is 9.80 Å². The molecule has 4 aromatic carbocycles. The lowest BCUT2D eigenvalue weighted by atomic mass is 9.79. The molecule has 4 aromatic rings. The van der Waals surface area contributed by atoms with E-state index in [9.17, 15) is 30.6 Å². The smallest absolute Gasteiger partial charge is 0.340 e. The fourth-order valence-corrected chi connectivity index (χ4v) is 10.8. The predicted octanol–water partition coefficient (Wildman–Crippen LogP) is 12.4. The first-order chi connectivity index (χ1) is 34.1. The first-order valence-electron chi connectivity index (χ1n) is 24.1. The SMILES string of the molecule is CC(C)(C)[Si](C)(C)OC1=C(C(=O)OCc2ccccc2)[C@@H]2c3ccccc3C=CN2C(C#N)(C#N)C1.CC(C)(C)[Si](C)(C)OC1=C(C(=O)OCc2ccccc2)[C@@H]2c3ccccc3C=CN2C(C#N)(C#N)C1. The van der Waals surface area contributed by atoms with E-state index in [0.29, 0.717) is 22.7 Å². The van der Waals surface area contributed by atoms with Gasteiger partial charge in [0.15, 0.2) is 0 Å². The normalized spacial score (nSPS) is 18.4. The average molecular weight is 995 g/mol. The third-order valence-electron chi connectivity index (χ3n) is 14.8. The fourth-order valence-electron chi connectivity index (χ4n) is 8.64. The number of hydrogen-bond acceptors (Lipinski definition) is 12. The van der Waals surface area contributed by atoms with E-state index in [0.717, 1.165) is 33.4 Å². The maximum Gasteiger partial charge on any atom is 0.340 e. The molecule has 0 fully saturated rings. The van der Waals surface area contributed by atoms with Gasteiger partial charge in [-0.25, -0.2) is 9.59 Å². The van der Waals surface area contributed by atoms with Crippen LogP contribution < -0.4 is 0 Å². The highest BCUT2D eigenvalue weighted by atomic mass is 28.4. The summed E-state index contributed by atoms with van der Waals surface area (Å²) in [7, 11) is -4.85. The summed E-state index contributed by atoms with van der Waals surface area (Å²) < 4.78 is 25.1. The second-order valence-corrected chi connectivity index (χ2v) is 31.0. The number of ether oxygens (including phenoxy) is 2. The van der Waals surface area contributed by atoms with E-state index in [-0.39, 0.29) is 36.1 Å². The van der Waals surface area contributed by atoms with Gasteiger partial charge in [-0.1, -0.05) is 151 Å². The van der Waals surface area contributed by atoms with Crippen LogP contribution in [0, 0.1) is 45.3 Å². The molecule has 0 saturated carbocycles. The standard InChI is InChI=1S/2C29H31N3O3Si/c2*1-28(2,3)36(4,5)35-24-17-29(19-30,20-31)32-16-15-22-13-9-10-14-23(22)26(32)25(24)27(33)34-18-21-11-7-6-8-12-21/h2*6-16,26H,17-18H2,1-5H3/t2*26-/m00/s1. The highest BCUT2D eigenvalue weighted by Gasteiger charge is 2.55. The Morgan fingerprint density at radius 3 is 1.18 bits per heavy atom. The van der Waals surface area contributed by atoms with Crippen LogP contribution in [0.25, 0.3) is 12.2 Å². The molecule has 0 amide bonds. The number of esters is 2. The number of nitrogens with zero attached hydrogens (tertiary/aromatic N) is 6. The zero-order chi connectivity index (χ0) is 52.3. The first-order valence-corrected chi connectivity index (χ1v) is 29.9. The third kappa shape index (κ3) is 10.1. The lowest BCUT2D eigenvalue weighted by Crippen LogP contribution is -2.53. The van der Waals surface area contributed by atoms with Gasteiger partial charge in [0.2, 0.25) is 27.7 Å². The van der Waals surface area contributed by atoms with Crippen LogP contribution in [0.3, 0.4) is 0 Å². The minimum Gasteiger partial charge on any atom is -0.546 e. The van der Waals surface area contributed by atoms with Gasteiger partial charge in [-0.2, -0.15) is 21.0 Å². The molecular weight excluding hydrogens is 933 g/mol. The van der Waals surface area contributed by atoms with Crippen molar-refractivity contribution in [3.63, 3.8) is 0 Å². The van der Waals surface area contributed by atoms with Gasteiger partial charge in [-0.05, 0) is 81.8 Å². The molecule has 0 aliphatic carbocycles. The fraction of sp³-hybridized carbons (Fsp3) is 0.345. The summed E-state index contributed by atoms with van der Waals surface area (Å²) in [5.41, 5.74) is 2.93. The van der Waals surface area contributed by atoms with Crippen LogP contribution in [0.15, 0.2) is 144 Å². The number of carbonyl (C=O) groups is 2. The molecule has 4 aliphatic heterocycles. The van der Waals surface area contributed by atoms with Gasteiger partial charge in [-0.3, -0.25) is 0 Å². The second kappa shape index (κ2) is 20.2. The molecule has 0 spiro atoms. The number of carbonyl (C=O) groups excluding carboxylic acids is 2. The van der Waals surface area contributed by atoms with Crippen molar-refractivity contribution in [2.75, 3.05) is 0 Å². The Balaban J connectivity index is 0.000000211. The van der Waals surface area contributed by atoms with E-state index in [1.165, 1.54) is 0 Å². The van der Waals surface area contributed by atoms with Gasteiger partial charge >= 0.3 is 11.9 Å². The maximum atomic E-state index is 13.8. The van der Waals surface area contributed by atoms with E-state index in [1.807, 2.05) is 121 Å². The average Bonchev–Trinajstić information content (AvgIpc) is 3.36. The van der Waals surface area contributed by atoms with Crippen molar-refractivity contribution < 1.29 is 27.9 Å². The number of benzene rings is 4. The Hall–Kier alpha value is -7.63. The lowest BCUT2D eigenvalue weighted by molar-refractivity contribution is -0.142. The van der Waals surface area contributed by atoms with Crippen molar-refractivity contribution in [1.29, 1.82) is 21.0 Å². The highest BCUT2D eigenvalue weighted by Crippen LogP contribution is 2.52. The van der Waals surface area contributed by atoms with E-state index >= 15 is 0 Å². The maximum absolute atomic E-state index is 13.8. The predicted molar refractivity (Wildman–Crippen MR) is 280 cm³/mol. The number of nitriles is 4. The minimum atomic E-state index is -2.42. The van der Waals surface area contributed by atoms with E-state index in [1.54, 1.807) is 22.2 Å². The van der Waals surface area contributed by atoms with Crippen molar-refractivity contribution in [3.8, 4) is 24.3 Å². The molecule has 72 heavy (non-hydrogen) atoms. The van der Waals surface area contributed by atoms with Crippen molar-refractivity contribution >= 4 is 40.7 Å². The Morgan fingerprint density at radius 1 is 0.542 bits per heavy atom. The summed E-state index contributed by atoms with van der Waals surface area (Å²) in [6, 6.07) is 42.0. The molecular formula is C58H62N6O6Si2. The van der Waals surface area contributed by atoms with Gasteiger partial charge in [0.25, 0.3) is 0 Å². The van der Waals surface area contributed by atoms with E-state index < -0.39 is 51.7 Å². The monoisotopic (exact) mass is 994 g/mol. The van der Waals surface area contributed by atoms with Gasteiger partial charge in [-0.15, -0.1) is 0 Å². The van der Waals surface area contributed by atoms with Gasteiger partial charge in [0.1, 0.15) is 48.6 Å². The molecule has 12 nitrogen and oxygen atoms in total. The molecule has 0 unspecified atom stereocenters. The van der Waals surface area contributed by atoms with Crippen LogP contribution >= 0.6 is 0 Å². The van der Waals surface area contributed by atoms with Crippen LogP contribution in [-0.4, -0.2) is 49.5 Å². The molecule has 4 aliphatic rings. The largest absolute Gasteiger partial charge is 0.546 e. The number of fused-ring (bicyclic) bond motifs is 6. The molecule has 0 N–H and O–H groups in total. The van der Waals surface area contributed by atoms with Crippen LogP contribution in [0.4, 0.5) is 0 Å². The summed E-state index contributed by atoms with van der Waals surface area (Å²) in [5, 5.41) is 40.7. The van der Waals surface area contributed by atoms with Gasteiger partial charge < -0.3 is 28.1 Å². The summed E-state index contributed by atoms with van der Waals surface area (Å²) >= 11 is 0. The van der Waals surface area contributed by atoms with Crippen LogP contribution in [0.1, 0.15) is 99.8 Å². The molecule has 368 valence electrons. The van der Waals surface area contributed by atoms with E-state index in [2.05, 4.69) is 92.0 Å². The van der Waals surface area contributed by atoms with Crippen LogP contribution in [0.2, 0.25) is 36.3 Å². The Kier molecular flexibility index (Phi) is 14.7. The summed E-state index contributed by atoms with van der Waals surface area (Å²) in [6.45, 7) is 21.3. The van der Waals surface area contributed by atoms with Crippen molar-refractivity contribution in [2.24, 2.45) is 0 Å². The Labute approximate surface area is 426 Å². The molecule has 8 rings (SSSR count). The molecule has 0 aromatic heterocycles. The van der Waals surface area contributed by atoms with Crippen LogP contribution in [-0.2, 0) is 41.1 Å². The number of hydrogen-bond donors (Lipinski definition) is 0. The van der Waals surface area contributed by atoms with Crippen LogP contribution in [0.5, 0.6) is 0 Å². The Morgan fingerprint density at radius 2 is 0.861 bits per heavy atom. The van der Waals surface area contributed by atoms with Gasteiger partial charge in [0, 0.05) is 12.4 Å². The summed E-state index contributed by atoms with van der Waals surface area (Å²) in [6.07, 6.45) is 7.19. The summed E-state index contributed by atoms with van der Waals surface area (Å²) in [5.74, 6) is -0.238. The van der Waals surface area contributed by atoms with E-state index in [4.69, 9.17) is 18.3 Å². The zero-order valence-corrected chi connectivity index (χ0v) is 44.8. The van der Waals surface area contributed by atoms with Gasteiger partial charge in [0.05, 0.1) is 36.4 Å². The molecule has 0 saturated heterocycles. The highest BCUT2D eigenvalue weighted by molar-refractivity contribution is 6.74. The quantitative estimate of drug-likeness (QED) is 0.109. The molecule has 14 heteroatoms. The molecule has 4 heterocycles. The second-order valence-electron chi connectivity index (χ2n) is 21.6. The molecule has 0 bridgehead atoms. The molecule has 0 radical (unpaired) electrons. The number of rotatable bonds is 10. The molecule has 2 atom stereocenters. The zero-order valence-electron chi connectivity index (χ0n) is 42.8. The third-order valence-corrected chi connectivity index (χ3v) is 23.5.